The van der Waals surface area contributed by atoms with Gasteiger partial charge in [-0.1, -0.05) is 30.0 Å². The van der Waals surface area contributed by atoms with Crippen molar-refractivity contribution in [1.82, 2.24) is 9.80 Å². The van der Waals surface area contributed by atoms with Crippen LogP contribution in [0, 0.1) is 11.8 Å². The molecule has 1 fully saturated rings. The number of aromatic hydroxyl groups is 1. The van der Waals surface area contributed by atoms with Gasteiger partial charge in [-0.15, -0.1) is 10.2 Å². The van der Waals surface area contributed by atoms with Gasteiger partial charge in [0.25, 0.3) is 0 Å². The minimum absolute atomic E-state index is 0.00756. The molecule has 0 unspecified atom stereocenters. The third-order valence-electron chi connectivity index (χ3n) is 6.59. The topological polar surface area (TPSA) is 111 Å². The van der Waals surface area contributed by atoms with Gasteiger partial charge in [0.2, 0.25) is 0 Å². The third kappa shape index (κ3) is 4.16. The summed E-state index contributed by atoms with van der Waals surface area (Å²) in [6.45, 7) is 6.05. The first-order chi connectivity index (χ1) is 17.3. The quantitative estimate of drug-likeness (QED) is 0.494. The van der Waals surface area contributed by atoms with Crippen molar-refractivity contribution >= 4 is 34.5 Å². The highest BCUT2D eigenvalue weighted by Crippen LogP contribution is 2.41. The van der Waals surface area contributed by atoms with Crippen LogP contribution in [0.2, 0.25) is 0 Å². The number of carbonyl (C=O) groups is 1. The molecule has 2 aromatic carbocycles. The number of methoxy groups -OCH3 is 1. The number of amides is 1. The summed E-state index contributed by atoms with van der Waals surface area (Å²) in [6, 6.07) is 11.1. The smallest absolute Gasteiger partial charge is 0.407 e. The Morgan fingerprint density at radius 1 is 1.14 bits per heavy atom. The van der Waals surface area contributed by atoms with E-state index in [0.717, 1.165) is 11.3 Å². The summed E-state index contributed by atoms with van der Waals surface area (Å²) in [5.41, 5.74) is 2.65. The van der Waals surface area contributed by atoms with E-state index < -0.39 is 11.6 Å². The molecule has 5 rings (SSSR count). The van der Waals surface area contributed by atoms with Crippen LogP contribution < -0.4 is 4.74 Å². The number of carboxylic acid groups (broad SMARTS) is 1. The normalized spacial score (nSPS) is 16.8. The van der Waals surface area contributed by atoms with E-state index in [1.54, 1.807) is 25.3 Å². The van der Waals surface area contributed by atoms with E-state index in [-0.39, 0.29) is 11.5 Å². The Morgan fingerprint density at radius 2 is 1.89 bits per heavy atom. The first kappa shape index (κ1) is 23.5. The highest BCUT2D eigenvalue weighted by atomic mass is 16.5. The molecule has 184 valence electrons. The van der Waals surface area contributed by atoms with Crippen molar-refractivity contribution in [3.05, 3.63) is 53.3 Å². The maximum Gasteiger partial charge on any atom is 0.407 e. The molecule has 2 aliphatic rings. The van der Waals surface area contributed by atoms with E-state index in [2.05, 4.69) is 27.0 Å². The van der Waals surface area contributed by atoms with Crippen molar-refractivity contribution in [3.8, 4) is 23.3 Å². The van der Waals surface area contributed by atoms with E-state index >= 15 is 0 Å². The van der Waals surface area contributed by atoms with Gasteiger partial charge in [0.1, 0.15) is 11.3 Å². The molecule has 0 saturated carbocycles. The van der Waals surface area contributed by atoms with Crippen molar-refractivity contribution in [3.63, 3.8) is 0 Å². The molecule has 3 aromatic rings. The molecule has 1 amide bonds. The highest BCUT2D eigenvalue weighted by molar-refractivity contribution is 5.96. The highest BCUT2D eigenvalue weighted by Gasteiger charge is 2.30. The van der Waals surface area contributed by atoms with Gasteiger partial charge in [-0.2, -0.15) is 0 Å². The lowest BCUT2D eigenvalue weighted by atomic mass is 10.0. The van der Waals surface area contributed by atoms with Crippen molar-refractivity contribution in [1.29, 1.82) is 0 Å². The number of rotatable bonds is 3. The second-order valence-electron chi connectivity index (χ2n) is 9.15. The molecule has 3 heterocycles. The largest absolute Gasteiger partial charge is 0.504 e. The summed E-state index contributed by atoms with van der Waals surface area (Å²) in [5.74, 6) is 7.31. The monoisotopic (exact) mass is 486 g/mol. The number of piperazine rings is 1. The van der Waals surface area contributed by atoms with Gasteiger partial charge in [-0.25, -0.2) is 4.79 Å². The molecular weight excluding hydrogens is 460 g/mol. The molecule has 0 atom stereocenters. The maximum atomic E-state index is 11.2. The SMILES string of the molecule is COc1ccc2c(O)c(C=C3N=Nc4ccccc43)oc2c1C#CC(C)(C)N1CCN(C(=O)O)CC1. The van der Waals surface area contributed by atoms with Crippen LogP contribution >= 0.6 is 0 Å². The zero-order chi connectivity index (χ0) is 25.4. The van der Waals surface area contributed by atoms with Gasteiger partial charge >= 0.3 is 6.09 Å². The molecule has 1 saturated heterocycles. The number of hydrogen-bond donors (Lipinski definition) is 2. The van der Waals surface area contributed by atoms with Gasteiger partial charge in [-0.3, -0.25) is 4.90 Å². The van der Waals surface area contributed by atoms with E-state index in [1.807, 2.05) is 38.1 Å². The van der Waals surface area contributed by atoms with E-state index in [1.165, 1.54) is 4.90 Å². The van der Waals surface area contributed by atoms with Crippen LogP contribution in [0.5, 0.6) is 11.5 Å². The summed E-state index contributed by atoms with van der Waals surface area (Å²) in [7, 11) is 1.56. The second kappa shape index (κ2) is 9.06. The fraction of sp³-hybridized carbons (Fsp3) is 0.296. The summed E-state index contributed by atoms with van der Waals surface area (Å²) < 4.78 is 11.7. The molecule has 1 aromatic heterocycles. The van der Waals surface area contributed by atoms with Crippen LogP contribution in [-0.4, -0.2) is 64.9 Å². The summed E-state index contributed by atoms with van der Waals surface area (Å²) in [4.78, 5) is 14.8. The van der Waals surface area contributed by atoms with Crippen LogP contribution in [0.1, 0.15) is 30.7 Å². The average Bonchev–Trinajstić information content (AvgIpc) is 3.43. The molecule has 0 bridgehead atoms. The van der Waals surface area contributed by atoms with E-state index in [9.17, 15) is 15.0 Å². The first-order valence-corrected chi connectivity index (χ1v) is 11.6. The lowest BCUT2D eigenvalue weighted by Crippen LogP contribution is -2.55. The number of furan rings is 1. The van der Waals surface area contributed by atoms with Crippen LogP contribution in [0.25, 0.3) is 22.7 Å². The molecule has 9 heteroatoms. The number of fused-ring (bicyclic) bond motifs is 2. The number of benzene rings is 2. The lowest BCUT2D eigenvalue weighted by Gasteiger charge is -2.40. The molecule has 0 aliphatic carbocycles. The Balaban J connectivity index is 1.51. The van der Waals surface area contributed by atoms with E-state index in [0.29, 0.717) is 54.2 Å². The van der Waals surface area contributed by atoms with Crippen molar-refractivity contribution < 1.29 is 24.2 Å². The minimum atomic E-state index is -0.902. The molecule has 0 radical (unpaired) electrons. The molecule has 2 N–H and O–H groups in total. The molecular formula is C27H26N4O5. The predicted molar refractivity (Wildman–Crippen MR) is 135 cm³/mol. The zero-order valence-electron chi connectivity index (χ0n) is 20.3. The van der Waals surface area contributed by atoms with Gasteiger partial charge in [0, 0.05) is 37.8 Å². The number of ether oxygens (including phenoxy) is 1. The van der Waals surface area contributed by atoms with Gasteiger partial charge in [0.05, 0.1) is 29.4 Å². The maximum absolute atomic E-state index is 11.2. The number of nitrogens with zero attached hydrogens (tertiary/aromatic N) is 4. The summed E-state index contributed by atoms with van der Waals surface area (Å²) >= 11 is 0. The van der Waals surface area contributed by atoms with Crippen LogP contribution in [0.3, 0.4) is 0 Å². The van der Waals surface area contributed by atoms with Crippen LogP contribution in [0.15, 0.2) is 51.0 Å². The Morgan fingerprint density at radius 3 is 2.61 bits per heavy atom. The fourth-order valence-corrected chi connectivity index (χ4v) is 4.46. The van der Waals surface area contributed by atoms with Gasteiger partial charge in [-0.05, 0) is 32.0 Å². The van der Waals surface area contributed by atoms with E-state index in [4.69, 9.17) is 9.15 Å². The van der Waals surface area contributed by atoms with Gasteiger partial charge < -0.3 is 24.3 Å². The summed E-state index contributed by atoms with van der Waals surface area (Å²) in [6.07, 6.45) is 0.765. The van der Waals surface area contributed by atoms with Crippen LogP contribution in [0.4, 0.5) is 10.5 Å². The predicted octanol–water partition coefficient (Wildman–Crippen LogP) is 5.17. The van der Waals surface area contributed by atoms with Crippen molar-refractivity contribution in [2.75, 3.05) is 33.3 Å². The Kier molecular flexibility index (Phi) is 5.90. The molecule has 36 heavy (non-hydrogen) atoms. The molecule has 2 aliphatic heterocycles. The summed E-state index contributed by atoms with van der Waals surface area (Å²) in [5, 5.41) is 29.1. The Bertz CT molecular complexity index is 1470. The van der Waals surface area contributed by atoms with Crippen molar-refractivity contribution in [2.24, 2.45) is 10.2 Å². The Labute approximate surface area is 208 Å². The fourth-order valence-electron chi connectivity index (χ4n) is 4.46. The zero-order valence-corrected chi connectivity index (χ0v) is 20.3. The van der Waals surface area contributed by atoms with Gasteiger partial charge in [0.15, 0.2) is 17.1 Å². The average molecular weight is 487 g/mol. The van der Waals surface area contributed by atoms with Crippen molar-refractivity contribution in [2.45, 2.75) is 19.4 Å². The third-order valence-corrected chi connectivity index (χ3v) is 6.59. The molecule has 0 spiro atoms. The first-order valence-electron chi connectivity index (χ1n) is 11.6. The Hall–Kier alpha value is -4.29. The number of hydrogen-bond acceptors (Lipinski definition) is 7. The number of azo groups is 1. The molecule has 9 nitrogen and oxygen atoms in total. The second-order valence-corrected chi connectivity index (χ2v) is 9.15. The standard InChI is InChI=1S/C27H26N4O5/c1-27(2,31-14-12-30(13-15-31)26(33)34)11-10-18-22(35-3)9-8-19-24(32)23(36-25(18)19)16-21-17-6-4-5-7-20(17)28-29-21/h4-9,16,32H,12-15H2,1-3H3,(H,33,34). The lowest BCUT2D eigenvalue weighted by molar-refractivity contribution is 0.0744. The van der Waals surface area contributed by atoms with Crippen LogP contribution in [-0.2, 0) is 0 Å². The minimum Gasteiger partial charge on any atom is -0.504 e.